The predicted molar refractivity (Wildman–Crippen MR) is 69.2 cm³/mol. The van der Waals surface area contributed by atoms with Crippen LogP contribution in [0.3, 0.4) is 0 Å². The molecule has 3 aromatic rings. The number of alkyl halides is 3. The summed E-state index contributed by atoms with van der Waals surface area (Å²) in [6, 6.07) is 1.39. The molecule has 3 N–H and O–H groups in total. The number of rotatable bonds is 3. The van der Waals surface area contributed by atoms with Crippen LogP contribution in [-0.4, -0.2) is 36.7 Å². The fourth-order valence-electron chi connectivity index (χ4n) is 1.98. The highest BCUT2D eigenvalue weighted by Gasteiger charge is 2.41. The van der Waals surface area contributed by atoms with Crippen molar-refractivity contribution in [3.63, 3.8) is 0 Å². The summed E-state index contributed by atoms with van der Waals surface area (Å²) < 4.78 is 39.5. The Bertz CT molecular complexity index is 808. The Morgan fingerprint density at radius 3 is 2.59 bits per heavy atom. The quantitative estimate of drug-likeness (QED) is 0.684. The molecule has 0 saturated carbocycles. The lowest BCUT2D eigenvalue weighted by Crippen LogP contribution is -2.10. The molecule has 0 unspecified atom stereocenters. The number of nitrogens with one attached hydrogen (secondary N) is 2. The Balaban J connectivity index is 2.38. The van der Waals surface area contributed by atoms with E-state index in [9.17, 15) is 23.1 Å². The normalized spacial score (nSPS) is 11.8. The van der Waals surface area contributed by atoms with Crippen LogP contribution in [0.1, 0.15) is 15.2 Å². The van der Waals surface area contributed by atoms with Gasteiger partial charge in [0.25, 0.3) is 0 Å². The number of nitrogens with zero attached hydrogens (tertiary/aromatic N) is 3. The first kappa shape index (κ1) is 14.3. The van der Waals surface area contributed by atoms with Gasteiger partial charge in [0.05, 0.1) is 22.3 Å². The molecular formula is C11H6F3N5O2S. The molecule has 0 aliphatic carbocycles. The largest absolute Gasteiger partial charge is 0.478 e. The Morgan fingerprint density at radius 1 is 1.32 bits per heavy atom. The van der Waals surface area contributed by atoms with E-state index in [2.05, 4.69) is 25.6 Å². The zero-order valence-corrected chi connectivity index (χ0v) is 11.3. The van der Waals surface area contributed by atoms with Crippen LogP contribution in [0.4, 0.5) is 13.2 Å². The van der Waals surface area contributed by atoms with Crippen LogP contribution in [0.25, 0.3) is 21.8 Å². The second kappa shape index (κ2) is 4.94. The van der Waals surface area contributed by atoms with Gasteiger partial charge in [0.2, 0.25) is 0 Å². The number of aromatic nitrogens is 5. The SMILES string of the molecule is O=C(O)c1c(C(F)(F)F)sc(-c2cn[nH]n2)c1-c1ccn[nH]1. The molecule has 3 aromatic heterocycles. The summed E-state index contributed by atoms with van der Waals surface area (Å²) >= 11 is 0.301. The van der Waals surface area contributed by atoms with Gasteiger partial charge in [-0.1, -0.05) is 0 Å². The van der Waals surface area contributed by atoms with Crippen molar-refractivity contribution >= 4 is 17.3 Å². The fourth-order valence-corrected chi connectivity index (χ4v) is 3.11. The third-order valence-electron chi connectivity index (χ3n) is 2.80. The molecule has 0 fully saturated rings. The lowest BCUT2D eigenvalue weighted by molar-refractivity contribution is -0.134. The Kier molecular flexibility index (Phi) is 3.20. The van der Waals surface area contributed by atoms with Gasteiger partial charge in [0, 0.05) is 11.8 Å². The third kappa shape index (κ3) is 2.24. The standard InChI is InChI=1S/C11H6F3N5O2S/c12-11(13,14)9-7(10(20)21)6(4-1-2-15-17-4)8(22-9)5-3-16-19-18-5/h1-3H,(H,15,17)(H,20,21)(H,16,18,19). The van der Waals surface area contributed by atoms with Crippen molar-refractivity contribution in [1.29, 1.82) is 0 Å². The number of hydrogen-bond donors (Lipinski definition) is 3. The molecule has 7 nitrogen and oxygen atoms in total. The topological polar surface area (TPSA) is 108 Å². The Morgan fingerprint density at radius 2 is 2.09 bits per heavy atom. The molecule has 114 valence electrons. The monoisotopic (exact) mass is 329 g/mol. The average molecular weight is 329 g/mol. The van der Waals surface area contributed by atoms with Gasteiger partial charge in [0.15, 0.2) is 0 Å². The lowest BCUT2D eigenvalue weighted by atomic mass is 10.0. The first-order chi connectivity index (χ1) is 10.4. The van der Waals surface area contributed by atoms with E-state index >= 15 is 0 Å². The molecule has 0 aliphatic rings. The molecule has 0 aliphatic heterocycles. The number of H-pyrrole nitrogens is 2. The van der Waals surface area contributed by atoms with E-state index in [-0.39, 0.29) is 21.8 Å². The number of hydrogen-bond acceptors (Lipinski definition) is 5. The van der Waals surface area contributed by atoms with E-state index in [1.807, 2.05) is 0 Å². The van der Waals surface area contributed by atoms with Crippen molar-refractivity contribution in [3.8, 4) is 21.8 Å². The van der Waals surface area contributed by atoms with Crippen molar-refractivity contribution in [3.05, 3.63) is 28.9 Å². The van der Waals surface area contributed by atoms with Gasteiger partial charge in [-0.05, 0) is 6.07 Å². The van der Waals surface area contributed by atoms with Gasteiger partial charge in [-0.25, -0.2) is 4.79 Å². The molecular weight excluding hydrogens is 323 g/mol. The van der Waals surface area contributed by atoms with Crippen molar-refractivity contribution in [2.45, 2.75) is 6.18 Å². The number of carboxylic acids is 1. The molecule has 22 heavy (non-hydrogen) atoms. The molecule has 0 bridgehead atoms. The van der Waals surface area contributed by atoms with E-state index in [0.717, 1.165) is 0 Å². The summed E-state index contributed by atoms with van der Waals surface area (Å²) in [5.74, 6) is -1.68. The minimum atomic E-state index is -4.80. The van der Waals surface area contributed by atoms with Gasteiger partial charge < -0.3 is 5.11 Å². The second-order valence-corrected chi connectivity index (χ2v) is 5.16. The summed E-state index contributed by atoms with van der Waals surface area (Å²) in [6.45, 7) is 0. The predicted octanol–water partition coefficient (Wildman–Crippen LogP) is 2.64. The third-order valence-corrected chi connectivity index (χ3v) is 4.05. The van der Waals surface area contributed by atoms with E-state index in [1.165, 1.54) is 18.5 Å². The van der Waals surface area contributed by atoms with Crippen LogP contribution in [-0.2, 0) is 6.18 Å². The zero-order valence-electron chi connectivity index (χ0n) is 10.5. The maximum atomic E-state index is 13.2. The van der Waals surface area contributed by atoms with E-state index in [4.69, 9.17) is 0 Å². The minimum absolute atomic E-state index is 0.0442. The van der Waals surface area contributed by atoms with Gasteiger partial charge in [0.1, 0.15) is 10.6 Å². The number of carboxylic acid groups (broad SMARTS) is 1. The van der Waals surface area contributed by atoms with Crippen LogP contribution in [0.5, 0.6) is 0 Å². The summed E-state index contributed by atoms with van der Waals surface area (Å²) in [5.41, 5.74) is -0.675. The second-order valence-electron chi connectivity index (χ2n) is 4.14. The van der Waals surface area contributed by atoms with Crippen molar-refractivity contribution in [2.75, 3.05) is 0 Å². The Hall–Kier alpha value is -2.69. The van der Waals surface area contributed by atoms with Gasteiger partial charge in [-0.3, -0.25) is 5.10 Å². The van der Waals surface area contributed by atoms with Gasteiger partial charge in [-0.15, -0.1) is 11.3 Å². The van der Waals surface area contributed by atoms with Gasteiger partial charge in [-0.2, -0.15) is 33.7 Å². The molecule has 0 spiro atoms. The highest BCUT2D eigenvalue weighted by molar-refractivity contribution is 7.16. The number of thiophene rings is 1. The zero-order chi connectivity index (χ0) is 15.9. The highest BCUT2D eigenvalue weighted by atomic mass is 32.1. The van der Waals surface area contributed by atoms with Crippen LogP contribution in [0.2, 0.25) is 0 Å². The maximum absolute atomic E-state index is 13.2. The summed E-state index contributed by atoms with van der Waals surface area (Å²) in [5, 5.41) is 25.0. The molecule has 3 rings (SSSR count). The van der Waals surface area contributed by atoms with Crippen LogP contribution < -0.4 is 0 Å². The molecule has 0 radical (unpaired) electrons. The van der Waals surface area contributed by atoms with Crippen LogP contribution in [0, 0.1) is 0 Å². The number of carbonyl (C=O) groups is 1. The molecule has 0 aromatic carbocycles. The first-order valence-corrected chi connectivity index (χ1v) is 6.54. The molecule has 0 saturated heterocycles. The van der Waals surface area contributed by atoms with E-state index < -0.39 is 22.6 Å². The van der Waals surface area contributed by atoms with Crippen molar-refractivity contribution in [1.82, 2.24) is 25.6 Å². The van der Waals surface area contributed by atoms with Gasteiger partial charge >= 0.3 is 12.1 Å². The lowest BCUT2D eigenvalue weighted by Gasteiger charge is -2.05. The Labute approximate surface area is 123 Å². The van der Waals surface area contributed by atoms with E-state index in [0.29, 0.717) is 11.3 Å². The summed E-state index contributed by atoms with van der Waals surface area (Å²) in [4.78, 5) is 10.2. The van der Waals surface area contributed by atoms with Crippen molar-refractivity contribution < 1.29 is 23.1 Å². The summed E-state index contributed by atoms with van der Waals surface area (Å²) in [7, 11) is 0. The number of aromatic carboxylic acids is 1. The maximum Gasteiger partial charge on any atom is 0.426 e. The highest BCUT2D eigenvalue weighted by Crippen LogP contribution is 2.47. The minimum Gasteiger partial charge on any atom is -0.478 e. The summed E-state index contributed by atoms with van der Waals surface area (Å²) in [6.07, 6.45) is -2.26. The first-order valence-electron chi connectivity index (χ1n) is 5.72. The fraction of sp³-hybridized carbons (Fsp3) is 0.0909. The molecule has 11 heteroatoms. The van der Waals surface area contributed by atoms with E-state index in [1.54, 1.807) is 0 Å². The average Bonchev–Trinajstić information content (AvgIpc) is 3.17. The molecule has 3 heterocycles. The molecule has 0 atom stereocenters. The van der Waals surface area contributed by atoms with Crippen LogP contribution in [0.15, 0.2) is 18.5 Å². The van der Waals surface area contributed by atoms with Crippen LogP contribution >= 0.6 is 11.3 Å². The smallest absolute Gasteiger partial charge is 0.426 e. The van der Waals surface area contributed by atoms with Crippen molar-refractivity contribution in [2.24, 2.45) is 0 Å². The molecule has 0 amide bonds. The number of halogens is 3. The number of aromatic amines is 2.